The van der Waals surface area contributed by atoms with Crippen LogP contribution in [0.4, 0.5) is 13.2 Å². The van der Waals surface area contributed by atoms with E-state index in [2.05, 4.69) is 0 Å². The molecule has 2 N–H and O–H groups in total. The van der Waals surface area contributed by atoms with Gasteiger partial charge in [-0.05, 0) is 24.1 Å². The van der Waals surface area contributed by atoms with Crippen LogP contribution in [0, 0.1) is 5.82 Å². The number of halogens is 3. The number of hydrogen-bond donors (Lipinski definition) is 1. The van der Waals surface area contributed by atoms with Gasteiger partial charge >= 0.3 is 0 Å². The molecule has 4 heteroatoms. The van der Waals surface area contributed by atoms with Crippen molar-refractivity contribution in [1.29, 1.82) is 0 Å². The average molecular weight is 215 g/mol. The van der Waals surface area contributed by atoms with Gasteiger partial charge in [-0.25, -0.2) is 13.2 Å². The summed E-state index contributed by atoms with van der Waals surface area (Å²) in [5, 5.41) is 0. The molecule has 0 radical (unpaired) electrons. The van der Waals surface area contributed by atoms with E-state index in [1.807, 2.05) is 0 Å². The van der Waals surface area contributed by atoms with Crippen molar-refractivity contribution in [3.63, 3.8) is 0 Å². The third kappa shape index (κ3) is 2.00. The lowest BCUT2D eigenvalue weighted by Gasteiger charge is -2.24. The van der Waals surface area contributed by atoms with Crippen LogP contribution >= 0.6 is 0 Å². The van der Waals surface area contributed by atoms with Gasteiger partial charge in [-0.3, -0.25) is 0 Å². The maximum Gasteiger partial charge on any atom is 0.250 e. The van der Waals surface area contributed by atoms with E-state index in [-0.39, 0.29) is 25.1 Å². The van der Waals surface area contributed by atoms with E-state index >= 15 is 0 Å². The largest absolute Gasteiger partial charge is 0.321 e. The Morgan fingerprint density at radius 2 is 1.67 bits per heavy atom. The van der Waals surface area contributed by atoms with Crippen LogP contribution in [0.5, 0.6) is 0 Å². The van der Waals surface area contributed by atoms with Gasteiger partial charge in [-0.15, -0.1) is 0 Å². The second kappa shape index (κ2) is 3.23. The lowest BCUT2D eigenvalue weighted by molar-refractivity contribution is 0.00291. The molecule has 0 spiro atoms. The maximum absolute atomic E-state index is 13.1. The minimum absolute atomic E-state index is 0.194. The summed E-state index contributed by atoms with van der Waals surface area (Å²) in [5.74, 6) is -3.07. The Hall–Kier alpha value is -1.03. The van der Waals surface area contributed by atoms with Crippen LogP contribution < -0.4 is 5.73 Å². The first kappa shape index (κ1) is 10.5. The van der Waals surface area contributed by atoms with Crippen LogP contribution in [0.1, 0.15) is 24.8 Å². The molecule has 1 fully saturated rings. The van der Waals surface area contributed by atoms with Gasteiger partial charge in [0.15, 0.2) is 0 Å². The summed E-state index contributed by atoms with van der Waals surface area (Å²) in [5.41, 5.74) is 5.49. The molecular weight excluding hydrogens is 203 g/mol. The molecule has 1 unspecified atom stereocenters. The molecule has 1 saturated carbocycles. The van der Waals surface area contributed by atoms with Crippen LogP contribution in [0.25, 0.3) is 0 Å². The molecule has 2 rings (SSSR count). The Morgan fingerprint density at radius 3 is 2.13 bits per heavy atom. The zero-order valence-electron chi connectivity index (χ0n) is 8.14. The minimum Gasteiger partial charge on any atom is -0.321 e. The van der Waals surface area contributed by atoms with Gasteiger partial charge in [-0.2, -0.15) is 0 Å². The zero-order valence-corrected chi connectivity index (χ0v) is 8.14. The summed E-state index contributed by atoms with van der Waals surface area (Å²) < 4.78 is 38.8. The third-order valence-electron chi connectivity index (χ3n) is 2.93. The van der Waals surface area contributed by atoms with Crippen molar-refractivity contribution in [3.8, 4) is 0 Å². The first-order chi connectivity index (χ1) is 6.91. The van der Waals surface area contributed by atoms with Gasteiger partial charge < -0.3 is 5.73 Å². The normalized spacial score (nSPS) is 29.3. The van der Waals surface area contributed by atoms with Crippen LogP contribution in [0.15, 0.2) is 24.3 Å². The second-order valence-corrected chi connectivity index (χ2v) is 4.20. The highest BCUT2D eigenvalue weighted by Crippen LogP contribution is 2.45. The molecule has 0 bridgehead atoms. The van der Waals surface area contributed by atoms with E-state index < -0.39 is 11.5 Å². The van der Waals surface area contributed by atoms with Crippen molar-refractivity contribution in [2.24, 2.45) is 5.73 Å². The van der Waals surface area contributed by atoms with E-state index in [0.717, 1.165) is 0 Å². The summed E-state index contributed by atoms with van der Waals surface area (Å²) in [4.78, 5) is 0. The quantitative estimate of drug-likeness (QED) is 0.765. The molecule has 1 aliphatic carbocycles. The Morgan fingerprint density at radius 1 is 1.07 bits per heavy atom. The Balaban J connectivity index is 2.27. The van der Waals surface area contributed by atoms with Crippen molar-refractivity contribution in [2.45, 2.75) is 30.7 Å². The van der Waals surface area contributed by atoms with Crippen LogP contribution in [0.3, 0.4) is 0 Å². The number of alkyl halides is 2. The summed E-state index contributed by atoms with van der Waals surface area (Å²) in [6, 6.07) is 5.47. The first-order valence-corrected chi connectivity index (χ1v) is 4.84. The standard InChI is InChI=1S/C11H12F3N/c12-9-3-1-8(2-4-9)10(15)5-6-11(13,14)7-10/h1-4H,5-7,15H2. The van der Waals surface area contributed by atoms with E-state index in [1.165, 1.54) is 24.3 Å². The molecule has 1 atom stereocenters. The van der Waals surface area contributed by atoms with Crippen molar-refractivity contribution < 1.29 is 13.2 Å². The highest BCUT2D eigenvalue weighted by Gasteiger charge is 2.47. The number of benzene rings is 1. The molecule has 0 heterocycles. The van der Waals surface area contributed by atoms with Crippen LogP contribution in [-0.2, 0) is 5.54 Å². The second-order valence-electron chi connectivity index (χ2n) is 4.20. The van der Waals surface area contributed by atoms with Crippen LogP contribution in [0.2, 0.25) is 0 Å². The topological polar surface area (TPSA) is 26.0 Å². The molecule has 0 aliphatic heterocycles. The van der Waals surface area contributed by atoms with Gasteiger partial charge in [0, 0.05) is 18.4 Å². The first-order valence-electron chi connectivity index (χ1n) is 4.84. The Bertz CT molecular complexity index is 361. The molecule has 82 valence electrons. The predicted molar refractivity (Wildman–Crippen MR) is 51.1 cm³/mol. The Labute approximate surface area is 86.1 Å². The lowest BCUT2D eigenvalue weighted by Crippen LogP contribution is -2.35. The molecule has 0 amide bonds. The number of rotatable bonds is 1. The van der Waals surface area contributed by atoms with Gasteiger partial charge in [0.1, 0.15) is 5.82 Å². The van der Waals surface area contributed by atoms with Crippen molar-refractivity contribution >= 4 is 0 Å². The van der Waals surface area contributed by atoms with Gasteiger partial charge in [0.25, 0.3) is 0 Å². The van der Waals surface area contributed by atoms with E-state index in [0.29, 0.717) is 5.56 Å². The molecule has 1 aromatic carbocycles. The monoisotopic (exact) mass is 215 g/mol. The molecule has 1 aromatic rings. The highest BCUT2D eigenvalue weighted by molar-refractivity contribution is 5.26. The summed E-state index contributed by atoms with van der Waals surface area (Å²) in [6.45, 7) is 0. The van der Waals surface area contributed by atoms with E-state index in [4.69, 9.17) is 5.73 Å². The third-order valence-corrected chi connectivity index (χ3v) is 2.93. The number of hydrogen-bond acceptors (Lipinski definition) is 1. The van der Waals surface area contributed by atoms with Gasteiger partial charge in [-0.1, -0.05) is 12.1 Å². The fourth-order valence-electron chi connectivity index (χ4n) is 2.07. The average Bonchev–Trinajstić information content (AvgIpc) is 2.43. The van der Waals surface area contributed by atoms with E-state index in [1.54, 1.807) is 0 Å². The molecule has 1 aliphatic rings. The highest BCUT2D eigenvalue weighted by atomic mass is 19.3. The maximum atomic E-state index is 13.1. The van der Waals surface area contributed by atoms with Crippen molar-refractivity contribution in [3.05, 3.63) is 35.6 Å². The molecule has 0 aromatic heterocycles. The molecular formula is C11H12F3N. The van der Waals surface area contributed by atoms with Gasteiger partial charge in [0.05, 0.1) is 0 Å². The zero-order chi connectivity index (χ0) is 11.1. The molecule has 15 heavy (non-hydrogen) atoms. The number of nitrogens with two attached hydrogens (primary N) is 1. The minimum atomic E-state index is -2.69. The van der Waals surface area contributed by atoms with Crippen molar-refractivity contribution in [1.82, 2.24) is 0 Å². The van der Waals surface area contributed by atoms with Crippen LogP contribution in [-0.4, -0.2) is 5.92 Å². The molecule has 0 saturated heterocycles. The summed E-state index contributed by atoms with van der Waals surface area (Å²) >= 11 is 0. The van der Waals surface area contributed by atoms with E-state index in [9.17, 15) is 13.2 Å². The lowest BCUT2D eigenvalue weighted by atomic mass is 9.89. The summed E-state index contributed by atoms with van der Waals surface area (Å²) in [7, 11) is 0. The van der Waals surface area contributed by atoms with Gasteiger partial charge in [0.2, 0.25) is 5.92 Å². The summed E-state index contributed by atoms with van der Waals surface area (Å²) in [6.07, 6.45) is -0.307. The smallest absolute Gasteiger partial charge is 0.250 e. The molecule has 1 nitrogen and oxygen atoms in total. The predicted octanol–water partition coefficient (Wildman–Crippen LogP) is 2.80. The Kier molecular flexibility index (Phi) is 2.26. The SMILES string of the molecule is NC1(c2ccc(F)cc2)CCC(F)(F)C1. The fraction of sp³-hybridized carbons (Fsp3) is 0.455. The van der Waals surface area contributed by atoms with Crippen molar-refractivity contribution in [2.75, 3.05) is 0 Å². The fourth-order valence-corrected chi connectivity index (χ4v) is 2.07.